The Morgan fingerprint density at radius 3 is 2.65 bits per heavy atom. The standard InChI is InChI=1S/C18H12ClF3N6OS.H2S/c1-10(16-25-9-26-28(16)15-3-2-11(7-23)8-24-15)27-17(29)12-4-13(19)6-14(5-12)30-18(20,21)22;/h2-6,8-10H,1H3,(H,27,29);1H2/t10-;/m0./s1. The summed E-state index contributed by atoms with van der Waals surface area (Å²) in [6, 6.07) is 7.95. The van der Waals surface area contributed by atoms with Gasteiger partial charge in [-0.25, -0.2) is 9.97 Å². The van der Waals surface area contributed by atoms with Gasteiger partial charge in [-0.3, -0.25) is 4.79 Å². The number of thioether (sulfide) groups is 1. The highest BCUT2D eigenvalue weighted by Crippen LogP contribution is 2.38. The lowest BCUT2D eigenvalue weighted by molar-refractivity contribution is -0.0328. The third kappa shape index (κ3) is 6.36. The van der Waals surface area contributed by atoms with E-state index in [2.05, 4.69) is 20.4 Å². The van der Waals surface area contributed by atoms with Gasteiger partial charge in [0.05, 0.1) is 11.6 Å². The van der Waals surface area contributed by atoms with Crippen LogP contribution in [-0.2, 0) is 0 Å². The Morgan fingerprint density at radius 2 is 2.03 bits per heavy atom. The molecule has 0 radical (unpaired) electrons. The summed E-state index contributed by atoms with van der Waals surface area (Å²) in [6.45, 7) is 1.64. The van der Waals surface area contributed by atoms with E-state index in [4.69, 9.17) is 16.9 Å². The van der Waals surface area contributed by atoms with Crippen LogP contribution in [0.25, 0.3) is 5.82 Å². The van der Waals surface area contributed by atoms with Crippen molar-refractivity contribution in [2.24, 2.45) is 0 Å². The van der Waals surface area contributed by atoms with E-state index in [9.17, 15) is 18.0 Å². The van der Waals surface area contributed by atoms with Crippen molar-refractivity contribution in [3.05, 3.63) is 64.8 Å². The number of rotatable bonds is 5. The Bertz CT molecular complexity index is 1110. The van der Waals surface area contributed by atoms with Gasteiger partial charge in [-0.15, -0.1) is 0 Å². The van der Waals surface area contributed by atoms with Gasteiger partial charge in [0.15, 0.2) is 11.6 Å². The highest BCUT2D eigenvalue weighted by atomic mass is 35.5. The van der Waals surface area contributed by atoms with Crippen molar-refractivity contribution in [2.75, 3.05) is 0 Å². The molecular weight excluding hydrogens is 473 g/mol. The van der Waals surface area contributed by atoms with Crippen molar-refractivity contribution < 1.29 is 18.0 Å². The lowest BCUT2D eigenvalue weighted by atomic mass is 10.2. The zero-order valence-electron chi connectivity index (χ0n) is 15.7. The van der Waals surface area contributed by atoms with Crippen LogP contribution >= 0.6 is 36.9 Å². The molecule has 1 atom stereocenters. The van der Waals surface area contributed by atoms with E-state index >= 15 is 0 Å². The summed E-state index contributed by atoms with van der Waals surface area (Å²) in [7, 11) is 0. The summed E-state index contributed by atoms with van der Waals surface area (Å²) in [4.78, 5) is 20.6. The first-order valence-electron chi connectivity index (χ1n) is 8.30. The van der Waals surface area contributed by atoms with Crippen molar-refractivity contribution in [2.45, 2.75) is 23.4 Å². The number of nitriles is 1. The first-order chi connectivity index (χ1) is 14.2. The second kappa shape index (κ2) is 10.0. The molecule has 31 heavy (non-hydrogen) atoms. The van der Waals surface area contributed by atoms with Gasteiger partial charge in [-0.2, -0.15) is 41.7 Å². The maximum atomic E-state index is 12.6. The second-order valence-electron chi connectivity index (χ2n) is 5.97. The highest BCUT2D eigenvalue weighted by Gasteiger charge is 2.30. The molecule has 0 fully saturated rings. The summed E-state index contributed by atoms with van der Waals surface area (Å²) in [5, 5.41) is 15.6. The van der Waals surface area contributed by atoms with Crippen molar-refractivity contribution >= 4 is 42.8 Å². The van der Waals surface area contributed by atoms with Gasteiger partial charge >= 0.3 is 5.51 Å². The molecule has 3 aromatic rings. The van der Waals surface area contributed by atoms with Crippen molar-refractivity contribution in [3.63, 3.8) is 0 Å². The Balaban J connectivity index is 0.00000341. The number of alkyl halides is 3. The maximum Gasteiger partial charge on any atom is 0.446 e. The number of amides is 1. The van der Waals surface area contributed by atoms with Crippen LogP contribution in [0.4, 0.5) is 13.2 Å². The van der Waals surface area contributed by atoms with Crippen molar-refractivity contribution in [1.29, 1.82) is 5.26 Å². The molecule has 0 aliphatic rings. The molecule has 13 heteroatoms. The van der Waals surface area contributed by atoms with Gasteiger partial charge in [0.1, 0.15) is 12.4 Å². The number of nitrogens with zero attached hydrogens (tertiary/aromatic N) is 5. The lowest BCUT2D eigenvalue weighted by Gasteiger charge is -2.15. The van der Waals surface area contributed by atoms with Crippen LogP contribution in [0.2, 0.25) is 5.02 Å². The molecular formula is C18H14ClF3N6OS2. The topological polar surface area (TPSA) is 96.5 Å². The fraction of sp³-hybridized carbons (Fsp3) is 0.167. The predicted octanol–water partition coefficient (Wildman–Crippen LogP) is 4.40. The molecule has 2 aromatic heterocycles. The molecule has 0 aliphatic heterocycles. The number of aromatic nitrogens is 4. The molecule has 2 heterocycles. The summed E-state index contributed by atoms with van der Waals surface area (Å²) >= 11 is 5.51. The first-order valence-corrected chi connectivity index (χ1v) is 9.49. The van der Waals surface area contributed by atoms with Crippen LogP contribution in [0.3, 0.4) is 0 Å². The van der Waals surface area contributed by atoms with E-state index < -0.39 is 17.5 Å². The number of hydrogen-bond donors (Lipinski definition) is 1. The largest absolute Gasteiger partial charge is 0.446 e. The number of halogens is 4. The van der Waals surface area contributed by atoms with E-state index in [1.165, 1.54) is 23.3 Å². The van der Waals surface area contributed by atoms with Gasteiger partial charge in [-0.05, 0) is 49.0 Å². The lowest BCUT2D eigenvalue weighted by Crippen LogP contribution is -2.29. The van der Waals surface area contributed by atoms with Crippen LogP contribution in [0.15, 0.2) is 47.8 Å². The molecule has 0 aliphatic carbocycles. The minimum Gasteiger partial charge on any atom is -0.342 e. The second-order valence-corrected chi connectivity index (χ2v) is 7.54. The van der Waals surface area contributed by atoms with Gasteiger partial charge in [-0.1, -0.05) is 11.6 Å². The van der Waals surface area contributed by atoms with Crippen LogP contribution < -0.4 is 5.32 Å². The van der Waals surface area contributed by atoms with Gasteiger partial charge < -0.3 is 5.32 Å². The molecule has 0 spiro atoms. The van der Waals surface area contributed by atoms with Crippen LogP contribution in [0, 0.1) is 11.3 Å². The minimum absolute atomic E-state index is 0. The van der Waals surface area contributed by atoms with E-state index in [-0.39, 0.29) is 40.7 Å². The zero-order chi connectivity index (χ0) is 21.9. The summed E-state index contributed by atoms with van der Waals surface area (Å²) < 4.78 is 39.3. The number of benzene rings is 1. The average molecular weight is 487 g/mol. The SMILES string of the molecule is C[C@H](NC(=O)c1cc(Cl)cc(SC(F)(F)F)c1)c1ncnn1-c1ccc(C#N)cn1.S. The third-order valence-corrected chi connectivity index (χ3v) is 4.69. The highest BCUT2D eigenvalue weighted by molar-refractivity contribution is 8.00. The van der Waals surface area contributed by atoms with Crippen molar-refractivity contribution in [1.82, 2.24) is 25.1 Å². The van der Waals surface area contributed by atoms with E-state index in [1.807, 2.05) is 6.07 Å². The van der Waals surface area contributed by atoms with E-state index in [0.29, 0.717) is 17.2 Å². The fourth-order valence-electron chi connectivity index (χ4n) is 2.53. The number of pyridine rings is 1. The number of nitrogens with one attached hydrogen (secondary N) is 1. The molecule has 0 saturated heterocycles. The smallest absolute Gasteiger partial charge is 0.342 e. The first kappa shape index (κ1) is 24.5. The molecule has 7 nitrogen and oxygen atoms in total. The molecule has 0 unspecified atom stereocenters. The third-order valence-electron chi connectivity index (χ3n) is 3.77. The van der Waals surface area contributed by atoms with E-state index in [1.54, 1.807) is 19.1 Å². The number of hydrogen-bond acceptors (Lipinski definition) is 6. The summed E-state index contributed by atoms with van der Waals surface area (Å²) in [5.74, 6) is 0.0954. The van der Waals surface area contributed by atoms with Gasteiger partial charge in [0.2, 0.25) is 0 Å². The Hall–Kier alpha value is -2.75. The summed E-state index contributed by atoms with van der Waals surface area (Å²) in [5.41, 5.74) is -4.16. The summed E-state index contributed by atoms with van der Waals surface area (Å²) in [6.07, 6.45) is 2.64. The molecule has 1 N–H and O–H groups in total. The Morgan fingerprint density at radius 1 is 1.29 bits per heavy atom. The average Bonchev–Trinajstić information content (AvgIpc) is 3.16. The fourth-order valence-corrected chi connectivity index (χ4v) is 3.47. The molecule has 1 aromatic carbocycles. The number of carbonyl (C=O) groups excluding carboxylic acids is 1. The molecule has 0 saturated carbocycles. The van der Waals surface area contributed by atoms with Gasteiger partial charge in [0.25, 0.3) is 5.91 Å². The monoisotopic (exact) mass is 486 g/mol. The van der Waals surface area contributed by atoms with Crippen LogP contribution in [0.1, 0.15) is 34.7 Å². The quantitative estimate of drug-likeness (QED) is 0.537. The Labute approximate surface area is 191 Å². The normalized spacial score (nSPS) is 11.9. The van der Waals surface area contributed by atoms with Gasteiger partial charge in [0, 0.05) is 21.7 Å². The Kier molecular flexibility index (Phi) is 7.94. The van der Waals surface area contributed by atoms with Crippen molar-refractivity contribution in [3.8, 4) is 11.9 Å². The van der Waals surface area contributed by atoms with E-state index in [0.717, 1.165) is 12.1 Å². The molecule has 0 bridgehead atoms. The minimum atomic E-state index is -4.50. The molecule has 162 valence electrons. The molecule has 1 amide bonds. The van der Waals surface area contributed by atoms with Crippen LogP contribution in [-0.4, -0.2) is 31.2 Å². The number of carbonyl (C=O) groups is 1. The maximum absolute atomic E-state index is 12.6. The molecule has 3 rings (SSSR count). The predicted molar refractivity (Wildman–Crippen MR) is 113 cm³/mol. The zero-order valence-corrected chi connectivity index (χ0v) is 18.3. The van der Waals surface area contributed by atoms with Crippen LogP contribution in [0.5, 0.6) is 0 Å².